The number of nitrogens with zero attached hydrogens (tertiary/aromatic N) is 2. The summed E-state index contributed by atoms with van der Waals surface area (Å²) in [6.45, 7) is 5.87. The molecule has 1 fully saturated rings. The topological polar surface area (TPSA) is 35.6 Å². The first-order chi connectivity index (χ1) is 13.1. The molecule has 3 rings (SSSR count). The van der Waals surface area contributed by atoms with Crippen LogP contribution >= 0.6 is 0 Å². The van der Waals surface area contributed by atoms with Crippen LogP contribution in [0.5, 0.6) is 0 Å². The number of carbonyl (C=O) groups excluding carboxylic acids is 1. The van der Waals surface area contributed by atoms with Gasteiger partial charge in [-0.2, -0.15) is 0 Å². The van der Waals surface area contributed by atoms with Gasteiger partial charge >= 0.3 is 0 Å². The molecule has 0 aliphatic carbocycles. The predicted molar refractivity (Wildman–Crippen MR) is 107 cm³/mol. The summed E-state index contributed by atoms with van der Waals surface area (Å²) in [6.07, 6.45) is 1.91. The smallest absolute Gasteiger partial charge is 0.234 e. The third-order valence-corrected chi connectivity index (χ3v) is 5.05. The van der Waals surface area contributed by atoms with E-state index in [1.165, 1.54) is 17.7 Å². The van der Waals surface area contributed by atoms with Crippen molar-refractivity contribution < 1.29 is 9.18 Å². The standard InChI is InChI=1S/C22H28FN3O/c1-18(7-8-19-5-3-2-4-6-19)24-22(27)17-25-13-15-26(16-14-25)21-11-9-20(23)10-12-21/h2-6,9-12,18H,7-8,13-17H2,1H3,(H,24,27)/t18-/m0/s1. The van der Waals surface area contributed by atoms with Crippen LogP contribution in [0.3, 0.4) is 0 Å². The minimum atomic E-state index is -0.213. The van der Waals surface area contributed by atoms with Gasteiger partial charge in [-0.3, -0.25) is 9.69 Å². The molecule has 5 heteroatoms. The van der Waals surface area contributed by atoms with Gasteiger partial charge in [0, 0.05) is 37.9 Å². The number of piperazine rings is 1. The number of hydrogen-bond acceptors (Lipinski definition) is 3. The highest BCUT2D eigenvalue weighted by atomic mass is 19.1. The summed E-state index contributed by atoms with van der Waals surface area (Å²) in [7, 11) is 0. The zero-order valence-electron chi connectivity index (χ0n) is 15.9. The van der Waals surface area contributed by atoms with E-state index in [-0.39, 0.29) is 17.8 Å². The summed E-state index contributed by atoms with van der Waals surface area (Å²) < 4.78 is 13.0. The van der Waals surface area contributed by atoms with E-state index in [1.807, 2.05) is 30.3 Å². The van der Waals surface area contributed by atoms with Gasteiger partial charge < -0.3 is 10.2 Å². The van der Waals surface area contributed by atoms with Crippen molar-refractivity contribution in [2.75, 3.05) is 37.6 Å². The third-order valence-electron chi connectivity index (χ3n) is 5.05. The van der Waals surface area contributed by atoms with Crippen molar-refractivity contribution in [3.8, 4) is 0 Å². The van der Waals surface area contributed by atoms with E-state index in [9.17, 15) is 9.18 Å². The minimum Gasteiger partial charge on any atom is -0.369 e. The second-order valence-electron chi connectivity index (χ2n) is 7.23. The zero-order chi connectivity index (χ0) is 19.1. The molecule has 0 saturated carbocycles. The Morgan fingerprint density at radius 3 is 2.37 bits per heavy atom. The largest absolute Gasteiger partial charge is 0.369 e. The van der Waals surface area contributed by atoms with E-state index >= 15 is 0 Å². The van der Waals surface area contributed by atoms with Gasteiger partial charge in [-0.25, -0.2) is 4.39 Å². The lowest BCUT2D eigenvalue weighted by Crippen LogP contribution is -2.50. The second kappa shape index (κ2) is 9.51. The molecular formula is C22H28FN3O. The Balaban J connectivity index is 1.37. The number of carbonyl (C=O) groups is 1. The summed E-state index contributed by atoms with van der Waals surface area (Å²) in [6, 6.07) is 17.1. The van der Waals surface area contributed by atoms with Gasteiger partial charge in [0.25, 0.3) is 0 Å². The molecule has 0 bridgehead atoms. The van der Waals surface area contributed by atoms with Gasteiger partial charge in [-0.05, 0) is 49.6 Å². The van der Waals surface area contributed by atoms with Crippen LogP contribution in [0.4, 0.5) is 10.1 Å². The lowest BCUT2D eigenvalue weighted by atomic mass is 10.1. The molecule has 0 unspecified atom stereocenters. The fourth-order valence-corrected chi connectivity index (χ4v) is 3.44. The van der Waals surface area contributed by atoms with E-state index in [0.717, 1.165) is 44.7 Å². The zero-order valence-corrected chi connectivity index (χ0v) is 15.9. The maximum absolute atomic E-state index is 13.0. The summed E-state index contributed by atoms with van der Waals surface area (Å²) in [5.74, 6) is -0.124. The molecule has 2 aromatic carbocycles. The first-order valence-corrected chi connectivity index (χ1v) is 9.66. The van der Waals surface area contributed by atoms with Crippen LogP contribution in [-0.4, -0.2) is 49.6 Å². The first kappa shape index (κ1) is 19.4. The van der Waals surface area contributed by atoms with Gasteiger partial charge in [0.1, 0.15) is 5.82 Å². The normalized spacial score (nSPS) is 16.1. The molecule has 0 radical (unpaired) electrons. The predicted octanol–water partition coefficient (Wildman–Crippen LogP) is 3.09. The number of rotatable bonds is 7. The van der Waals surface area contributed by atoms with Gasteiger partial charge in [-0.1, -0.05) is 30.3 Å². The Kier molecular flexibility index (Phi) is 6.82. The van der Waals surface area contributed by atoms with Gasteiger partial charge in [0.15, 0.2) is 0 Å². The highest BCUT2D eigenvalue weighted by molar-refractivity contribution is 5.78. The first-order valence-electron chi connectivity index (χ1n) is 9.66. The van der Waals surface area contributed by atoms with Crippen molar-refractivity contribution in [3.05, 3.63) is 66.0 Å². The van der Waals surface area contributed by atoms with Gasteiger partial charge in [-0.15, -0.1) is 0 Å². The number of benzene rings is 2. The van der Waals surface area contributed by atoms with Crippen LogP contribution < -0.4 is 10.2 Å². The lowest BCUT2D eigenvalue weighted by molar-refractivity contribution is -0.122. The van der Waals surface area contributed by atoms with Crippen molar-refractivity contribution in [1.82, 2.24) is 10.2 Å². The Labute approximate surface area is 161 Å². The number of nitrogens with one attached hydrogen (secondary N) is 1. The number of halogens is 1. The number of amides is 1. The molecular weight excluding hydrogens is 341 g/mol. The van der Waals surface area contributed by atoms with Crippen LogP contribution in [0.15, 0.2) is 54.6 Å². The Hall–Kier alpha value is -2.40. The fraction of sp³-hybridized carbons (Fsp3) is 0.409. The average molecular weight is 369 g/mol. The van der Waals surface area contributed by atoms with Crippen LogP contribution in [0.25, 0.3) is 0 Å². The molecule has 144 valence electrons. The van der Waals surface area contributed by atoms with E-state index in [0.29, 0.717) is 6.54 Å². The van der Waals surface area contributed by atoms with E-state index in [4.69, 9.17) is 0 Å². The molecule has 0 spiro atoms. The number of aryl methyl sites for hydroxylation is 1. The van der Waals surface area contributed by atoms with Crippen molar-refractivity contribution in [2.45, 2.75) is 25.8 Å². The third kappa shape index (κ3) is 6.07. The summed E-state index contributed by atoms with van der Waals surface area (Å²) in [4.78, 5) is 16.7. The maximum Gasteiger partial charge on any atom is 0.234 e. The highest BCUT2D eigenvalue weighted by Crippen LogP contribution is 2.16. The van der Waals surface area contributed by atoms with Crippen LogP contribution in [0, 0.1) is 5.82 Å². The van der Waals surface area contributed by atoms with E-state index in [2.05, 4.69) is 34.2 Å². The maximum atomic E-state index is 13.0. The van der Waals surface area contributed by atoms with E-state index in [1.54, 1.807) is 0 Å². The highest BCUT2D eigenvalue weighted by Gasteiger charge is 2.19. The molecule has 1 aliphatic rings. The van der Waals surface area contributed by atoms with E-state index < -0.39 is 0 Å². The molecule has 27 heavy (non-hydrogen) atoms. The summed E-state index contributed by atoms with van der Waals surface area (Å²) >= 11 is 0. The molecule has 1 amide bonds. The fourth-order valence-electron chi connectivity index (χ4n) is 3.44. The Morgan fingerprint density at radius 2 is 1.70 bits per heavy atom. The Bertz CT molecular complexity index is 712. The van der Waals surface area contributed by atoms with Crippen molar-refractivity contribution in [1.29, 1.82) is 0 Å². The Morgan fingerprint density at radius 1 is 1.04 bits per heavy atom. The lowest BCUT2D eigenvalue weighted by Gasteiger charge is -2.35. The molecule has 1 atom stereocenters. The summed E-state index contributed by atoms with van der Waals surface area (Å²) in [5, 5.41) is 3.11. The monoisotopic (exact) mass is 369 g/mol. The molecule has 4 nitrogen and oxygen atoms in total. The molecule has 1 heterocycles. The molecule has 1 saturated heterocycles. The van der Waals surface area contributed by atoms with Crippen molar-refractivity contribution in [2.24, 2.45) is 0 Å². The van der Waals surface area contributed by atoms with Crippen molar-refractivity contribution >= 4 is 11.6 Å². The number of hydrogen-bond donors (Lipinski definition) is 1. The average Bonchev–Trinajstić information content (AvgIpc) is 2.68. The van der Waals surface area contributed by atoms with Gasteiger partial charge in [0.05, 0.1) is 6.54 Å². The molecule has 1 N–H and O–H groups in total. The van der Waals surface area contributed by atoms with Gasteiger partial charge in [0.2, 0.25) is 5.91 Å². The van der Waals surface area contributed by atoms with Crippen LogP contribution in [-0.2, 0) is 11.2 Å². The van der Waals surface area contributed by atoms with Crippen LogP contribution in [0.2, 0.25) is 0 Å². The minimum absolute atomic E-state index is 0.0887. The molecule has 1 aliphatic heterocycles. The van der Waals surface area contributed by atoms with Crippen molar-refractivity contribution in [3.63, 3.8) is 0 Å². The molecule has 2 aromatic rings. The van der Waals surface area contributed by atoms with Crippen LogP contribution in [0.1, 0.15) is 18.9 Å². The number of anilines is 1. The molecule has 0 aromatic heterocycles. The summed E-state index contributed by atoms with van der Waals surface area (Å²) in [5.41, 5.74) is 2.34. The quantitative estimate of drug-likeness (QED) is 0.815. The SMILES string of the molecule is C[C@@H](CCc1ccccc1)NC(=O)CN1CCN(c2ccc(F)cc2)CC1. The second-order valence-corrected chi connectivity index (χ2v) is 7.23.